The van der Waals surface area contributed by atoms with Crippen molar-refractivity contribution in [2.75, 3.05) is 5.32 Å². The van der Waals surface area contributed by atoms with E-state index in [4.69, 9.17) is 5.10 Å². The topological polar surface area (TPSA) is 74.1 Å². The minimum Gasteiger partial charge on any atom is -0.326 e. The Kier molecular flexibility index (Phi) is 6.22. The fourth-order valence-corrected chi connectivity index (χ4v) is 5.01. The highest BCUT2D eigenvalue weighted by atomic mass is 32.2. The molecule has 2 amide bonds. The van der Waals surface area contributed by atoms with Gasteiger partial charge in [0.25, 0.3) is 5.91 Å². The van der Waals surface area contributed by atoms with Crippen molar-refractivity contribution in [3.05, 3.63) is 102 Å². The molecule has 2 atom stereocenters. The summed E-state index contributed by atoms with van der Waals surface area (Å²) in [6.45, 7) is 0. The van der Waals surface area contributed by atoms with Gasteiger partial charge in [0.2, 0.25) is 5.91 Å². The number of hydrogen-bond acceptors (Lipinski definition) is 5. The molecule has 0 bridgehead atoms. The summed E-state index contributed by atoms with van der Waals surface area (Å²) < 4.78 is 13.4. The Hall–Kier alpha value is -3.78. The van der Waals surface area contributed by atoms with E-state index < -0.39 is 5.25 Å². The summed E-state index contributed by atoms with van der Waals surface area (Å²) in [5, 5.41) is 9.19. The SMILES string of the molecule is O=C(C[C@H]1SC(N2N=C(c3ccc(F)cc3)C[C@@H]2c2ccccc2)=NC1=O)Nc1ccccc1. The van der Waals surface area contributed by atoms with Gasteiger partial charge in [-0.25, -0.2) is 9.40 Å². The van der Waals surface area contributed by atoms with Gasteiger partial charge >= 0.3 is 0 Å². The van der Waals surface area contributed by atoms with Gasteiger partial charge in [-0.1, -0.05) is 72.4 Å². The number of anilines is 1. The quantitative estimate of drug-likeness (QED) is 0.567. The van der Waals surface area contributed by atoms with E-state index in [1.54, 1.807) is 29.3 Å². The van der Waals surface area contributed by atoms with Crippen molar-refractivity contribution in [1.29, 1.82) is 0 Å². The van der Waals surface area contributed by atoms with E-state index in [2.05, 4.69) is 10.3 Å². The number of aliphatic imine (C=N–C) groups is 1. The molecule has 0 aromatic heterocycles. The molecule has 5 rings (SSSR count). The molecule has 1 N–H and O–H groups in total. The van der Waals surface area contributed by atoms with Crippen LogP contribution in [0.4, 0.5) is 10.1 Å². The number of amidine groups is 1. The minimum atomic E-state index is -0.611. The molecular formula is C26H21FN4O2S. The molecule has 6 nitrogen and oxygen atoms in total. The van der Waals surface area contributed by atoms with Crippen LogP contribution < -0.4 is 5.32 Å². The normalized spacial score (nSPS) is 19.7. The largest absolute Gasteiger partial charge is 0.326 e. The first kappa shape index (κ1) is 22.0. The number of rotatable bonds is 5. The molecule has 0 saturated carbocycles. The number of nitrogens with one attached hydrogen (secondary N) is 1. The highest BCUT2D eigenvalue weighted by Gasteiger charge is 2.39. The number of carbonyl (C=O) groups excluding carboxylic acids is 2. The van der Waals surface area contributed by atoms with Crippen LogP contribution in [0.15, 0.2) is 95.0 Å². The lowest BCUT2D eigenvalue weighted by atomic mass is 9.99. The van der Waals surface area contributed by atoms with Gasteiger partial charge in [-0.2, -0.15) is 10.1 Å². The average Bonchev–Trinajstić information content (AvgIpc) is 3.45. The number of thioether (sulfide) groups is 1. The second-order valence-electron chi connectivity index (χ2n) is 7.99. The predicted molar refractivity (Wildman–Crippen MR) is 132 cm³/mol. The molecule has 8 heteroatoms. The van der Waals surface area contributed by atoms with Crippen LogP contribution in [-0.2, 0) is 9.59 Å². The number of carbonyl (C=O) groups is 2. The number of hydrazone groups is 1. The van der Waals surface area contributed by atoms with Crippen LogP contribution in [0.3, 0.4) is 0 Å². The van der Waals surface area contributed by atoms with Gasteiger partial charge in [-0.05, 0) is 35.4 Å². The first-order valence-electron chi connectivity index (χ1n) is 10.9. The molecular weight excluding hydrogens is 451 g/mol. The molecule has 2 aliphatic rings. The summed E-state index contributed by atoms with van der Waals surface area (Å²) in [5.74, 6) is -0.901. The lowest BCUT2D eigenvalue weighted by Crippen LogP contribution is -2.25. The fraction of sp³-hybridized carbons (Fsp3) is 0.154. The summed E-state index contributed by atoms with van der Waals surface area (Å²) in [6.07, 6.45) is 0.604. The van der Waals surface area contributed by atoms with E-state index in [0.717, 1.165) is 16.8 Å². The van der Waals surface area contributed by atoms with Crippen molar-refractivity contribution in [2.45, 2.75) is 24.1 Å². The van der Waals surface area contributed by atoms with Crippen LogP contribution in [0.5, 0.6) is 0 Å². The van der Waals surface area contributed by atoms with Crippen LogP contribution >= 0.6 is 11.8 Å². The number of para-hydroxylation sites is 1. The molecule has 2 aliphatic heterocycles. The fourth-order valence-electron chi connectivity index (χ4n) is 3.94. The molecule has 0 spiro atoms. The van der Waals surface area contributed by atoms with Crippen molar-refractivity contribution in [1.82, 2.24) is 5.01 Å². The number of hydrogen-bond donors (Lipinski definition) is 1. The van der Waals surface area contributed by atoms with Crippen LogP contribution in [0.25, 0.3) is 0 Å². The number of benzene rings is 3. The average molecular weight is 473 g/mol. The molecule has 34 heavy (non-hydrogen) atoms. The van der Waals surface area contributed by atoms with Crippen molar-refractivity contribution >= 4 is 40.1 Å². The van der Waals surface area contributed by atoms with Crippen LogP contribution in [-0.4, -0.2) is 33.0 Å². The van der Waals surface area contributed by atoms with Gasteiger partial charge in [0, 0.05) is 18.5 Å². The molecule has 0 saturated heterocycles. The highest BCUT2D eigenvalue weighted by Crippen LogP contribution is 2.38. The summed E-state index contributed by atoms with van der Waals surface area (Å²) in [4.78, 5) is 29.4. The summed E-state index contributed by atoms with van der Waals surface area (Å²) in [5.41, 5.74) is 3.32. The van der Waals surface area contributed by atoms with Gasteiger partial charge in [-0.3, -0.25) is 9.59 Å². The first-order chi connectivity index (χ1) is 16.6. The molecule has 3 aromatic carbocycles. The van der Waals surface area contributed by atoms with Crippen LogP contribution in [0.1, 0.15) is 30.0 Å². The Morgan fingerprint density at radius 1 is 1.00 bits per heavy atom. The zero-order valence-electron chi connectivity index (χ0n) is 18.1. The number of halogens is 1. The molecule has 3 aromatic rings. The van der Waals surface area contributed by atoms with Crippen molar-refractivity contribution in [3.63, 3.8) is 0 Å². The second kappa shape index (κ2) is 9.61. The Morgan fingerprint density at radius 2 is 1.68 bits per heavy atom. The van der Waals surface area contributed by atoms with Gasteiger partial charge in [0.1, 0.15) is 11.1 Å². The maximum Gasteiger partial charge on any atom is 0.262 e. The minimum absolute atomic E-state index is 0.0176. The van der Waals surface area contributed by atoms with Crippen molar-refractivity contribution in [3.8, 4) is 0 Å². The third-order valence-corrected chi connectivity index (χ3v) is 6.77. The number of amides is 2. The monoisotopic (exact) mass is 472 g/mol. The lowest BCUT2D eigenvalue weighted by molar-refractivity contribution is -0.121. The third kappa shape index (κ3) is 4.77. The van der Waals surface area contributed by atoms with Gasteiger partial charge < -0.3 is 5.32 Å². The zero-order valence-corrected chi connectivity index (χ0v) is 18.9. The number of nitrogens with zero attached hydrogens (tertiary/aromatic N) is 3. The van der Waals surface area contributed by atoms with Crippen molar-refractivity contribution in [2.24, 2.45) is 10.1 Å². The van der Waals surface area contributed by atoms with Crippen LogP contribution in [0.2, 0.25) is 0 Å². The van der Waals surface area contributed by atoms with E-state index >= 15 is 0 Å². The summed E-state index contributed by atoms with van der Waals surface area (Å²) in [6, 6.07) is 25.0. The van der Waals surface area contributed by atoms with Crippen molar-refractivity contribution < 1.29 is 14.0 Å². The van der Waals surface area contributed by atoms with Gasteiger partial charge in [0.05, 0.1) is 11.8 Å². The standard InChI is InChI=1S/C26H21FN4O2S/c27-19-13-11-17(12-14-19)21-15-22(18-7-3-1-4-8-18)31(30-21)26-29-25(33)23(34-26)16-24(32)28-20-9-5-2-6-10-20/h1-14,22-23H,15-16H2,(H,28,32)/t22-,23-/m1/s1. The predicted octanol–water partition coefficient (Wildman–Crippen LogP) is 5.00. The molecule has 0 radical (unpaired) electrons. The summed E-state index contributed by atoms with van der Waals surface area (Å²) in [7, 11) is 0. The maximum absolute atomic E-state index is 13.4. The Balaban J connectivity index is 1.35. The van der Waals surface area contributed by atoms with E-state index in [1.807, 2.05) is 48.5 Å². The van der Waals surface area contributed by atoms with E-state index in [1.165, 1.54) is 23.9 Å². The Morgan fingerprint density at radius 3 is 2.38 bits per heavy atom. The molecule has 0 aliphatic carbocycles. The Labute approximate surface area is 200 Å². The van der Waals surface area contributed by atoms with E-state index in [-0.39, 0.29) is 30.1 Å². The molecule has 170 valence electrons. The second-order valence-corrected chi connectivity index (χ2v) is 9.16. The smallest absolute Gasteiger partial charge is 0.262 e. The van der Waals surface area contributed by atoms with E-state index in [9.17, 15) is 14.0 Å². The molecule has 0 unspecified atom stereocenters. The lowest BCUT2D eigenvalue weighted by Gasteiger charge is -2.23. The van der Waals surface area contributed by atoms with E-state index in [0.29, 0.717) is 17.3 Å². The van der Waals surface area contributed by atoms with Gasteiger partial charge in [0.15, 0.2) is 5.17 Å². The maximum atomic E-state index is 13.4. The zero-order chi connectivity index (χ0) is 23.5. The Bertz CT molecular complexity index is 1260. The molecule has 2 heterocycles. The third-order valence-electron chi connectivity index (χ3n) is 5.63. The van der Waals surface area contributed by atoms with Crippen LogP contribution in [0, 0.1) is 5.82 Å². The highest BCUT2D eigenvalue weighted by molar-refractivity contribution is 8.15. The summed E-state index contributed by atoms with van der Waals surface area (Å²) >= 11 is 1.25. The molecule has 0 fully saturated rings. The first-order valence-corrected chi connectivity index (χ1v) is 11.8. The van der Waals surface area contributed by atoms with Gasteiger partial charge in [-0.15, -0.1) is 0 Å².